The van der Waals surface area contributed by atoms with Crippen LogP contribution in [0.15, 0.2) is 46.0 Å². The zero-order valence-corrected chi connectivity index (χ0v) is 12.2. The summed E-state index contributed by atoms with van der Waals surface area (Å²) >= 11 is 3.09. The number of hydrogen-bond acceptors (Lipinski definition) is 4. The lowest BCUT2D eigenvalue weighted by Crippen LogP contribution is -2.24. The Hall–Kier alpha value is -1.79. The molecule has 1 aromatic carbocycles. The molecule has 104 valence electrons. The van der Waals surface area contributed by atoms with E-state index in [2.05, 4.69) is 5.32 Å². The van der Waals surface area contributed by atoms with Crippen LogP contribution in [-0.2, 0) is 11.3 Å². The molecule has 0 aliphatic carbocycles. The van der Waals surface area contributed by atoms with Crippen molar-refractivity contribution in [2.45, 2.75) is 10.8 Å². The maximum absolute atomic E-state index is 11.7. The van der Waals surface area contributed by atoms with Gasteiger partial charge in [0.1, 0.15) is 0 Å². The first-order chi connectivity index (χ1) is 9.65. The van der Waals surface area contributed by atoms with Crippen LogP contribution in [0, 0.1) is 0 Å². The predicted octanol–water partition coefficient (Wildman–Crippen LogP) is 2.85. The first-order valence-corrected chi connectivity index (χ1v) is 7.77. The minimum Gasteiger partial charge on any atom is -0.478 e. The molecule has 0 fully saturated rings. The summed E-state index contributed by atoms with van der Waals surface area (Å²) in [6, 6.07) is 10.5. The van der Waals surface area contributed by atoms with Crippen LogP contribution in [0.2, 0.25) is 0 Å². The molecule has 6 heteroatoms. The number of benzene rings is 1. The number of nitrogens with one attached hydrogen (secondary N) is 1. The minimum atomic E-state index is -0.966. The molecule has 1 amide bonds. The third-order valence-electron chi connectivity index (χ3n) is 2.50. The fourth-order valence-electron chi connectivity index (χ4n) is 1.55. The summed E-state index contributed by atoms with van der Waals surface area (Å²) < 4.78 is 1.10. The highest BCUT2D eigenvalue weighted by Gasteiger charge is 2.06. The van der Waals surface area contributed by atoms with E-state index in [1.165, 1.54) is 17.8 Å². The predicted molar refractivity (Wildman–Crippen MR) is 80.3 cm³/mol. The average molecular weight is 307 g/mol. The lowest BCUT2D eigenvalue weighted by atomic mass is 10.1. The molecule has 0 radical (unpaired) electrons. The monoisotopic (exact) mass is 307 g/mol. The molecule has 0 aliphatic rings. The molecule has 4 nitrogen and oxygen atoms in total. The number of carbonyl (C=O) groups excluding carboxylic acids is 1. The molecule has 0 aliphatic heterocycles. The molecule has 0 atom stereocenters. The number of carboxylic acids is 1. The van der Waals surface area contributed by atoms with Gasteiger partial charge < -0.3 is 10.4 Å². The SMILES string of the molecule is O=C(CSc1cccs1)NCc1cccc(C(=O)O)c1. The average Bonchev–Trinajstić information content (AvgIpc) is 2.96. The third kappa shape index (κ3) is 4.40. The van der Waals surface area contributed by atoms with Gasteiger partial charge in [0.25, 0.3) is 0 Å². The van der Waals surface area contributed by atoms with Crippen molar-refractivity contribution in [3.05, 3.63) is 52.9 Å². The minimum absolute atomic E-state index is 0.0656. The Kier molecular flexibility index (Phi) is 5.20. The number of carboxylic acid groups (broad SMARTS) is 1. The van der Waals surface area contributed by atoms with E-state index in [1.54, 1.807) is 29.5 Å². The Morgan fingerprint density at radius 1 is 1.25 bits per heavy atom. The largest absolute Gasteiger partial charge is 0.478 e. The van der Waals surface area contributed by atoms with E-state index < -0.39 is 5.97 Å². The highest BCUT2D eigenvalue weighted by atomic mass is 32.2. The number of amides is 1. The van der Waals surface area contributed by atoms with Gasteiger partial charge in [0.2, 0.25) is 5.91 Å². The van der Waals surface area contributed by atoms with Crippen molar-refractivity contribution >= 4 is 35.0 Å². The smallest absolute Gasteiger partial charge is 0.335 e. The summed E-state index contributed by atoms with van der Waals surface area (Å²) in [4.78, 5) is 22.5. The summed E-state index contributed by atoms with van der Waals surface area (Å²) in [5.41, 5.74) is 1.00. The Morgan fingerprint density at radius 3 is 2.80 bits per heavy atom. The van der Waals surface area contributed by atoms with Crippen molar-refractivity contribution in [3.63, 3.8) is 0 Å². The quantitative estimate of drug-likeness (QED) is 0.805. The highest BCUT2D eigenvalue weighted by molar-refractivity contribution is 8.01. The maximum atomic E-state index is 11.7. The Morgan fingerprint density at radius 2 is 2.10 bits per heavy atom. The number of thiophene rings is 1. The number of aromatic carboxylic acids is 1. The van der Waals surface area contributed by atoms with Crippen LogP contribution < -0.4 is 5.32 Å². The van der Waals surface area contributed by atoms with E-state index >= 15 is 0 Å². The van der Waals surface area contributed by atoms with E-state index in [-0.39, 0.29) is 11.5 Å². The van der Waals surface area contributed by atoms with Gasteiger partial charge in [-0.05, 0) is 29.1 Å². The number of carbonyl (C=O) groups is 2. The van der Waals surface area contributed by atoms with Crippen molar-refractivity contribution in [1.82, 2.24) is 5.32 Å². The van der Waals surface area contributed by atoms with Crippen molar-refractivity contribution in [1.29, 1.82) is 0 Å². The summed E-state index contributed by atoms with van der Waals surface area (Å²) in [7, 11) is 0. The van der Waals surface area contributed by atoms with Gasteiger partial charge in [-0.25, -0.2) is 4.79 Å². The van der Waals surface area contributed by atoms with Crippen LogP contribution in [0.5, 0.6) is 0 Å². The van der Waals surface area contributed by atoms with E-state index in [4.69, 9.17) is 5.11 Å². The summed E-state index contributed by atoms with van der Waals surface area (Å²) in [5, 5.41) is 13.6. The fourth-order valence-corrected chi connectivity index (χ4v) is 3.16. The molecule has 20 heavy (non-hydrogen) atoms. The number of hydrogen-bond donors (Lipinski definition) is 2. The van der Waals surface area contributed by atoms with Crippen LogP contribution in [-0.4, -0.2) is 22.7 Å². The molecular weight excluding hydrogens is 294 g/mol. The van der Waals surface area contributed by atoms with Crippen LogP contribution >= 0.6 is 23.1 Å². The van der Waals surface area contributed by atoms with Gasteiger partial charge in [0, 0.05) is 6.54 Å². The van der Waals surface area contributed by atoms with Gasteiger partial charge in [0.15, 0.2) is 0 Å². The standard InChI is InChI=1S/C14H13NO3S2/c16-12(9-20-13-5-2-6-19-13)15-8-10-3-1-4-11(7-10)14(17)18/h1-7H,8-9H2,(H,15,16)(H,17,18). The van der Waals surface area contributed by atoms with Crippen molar-refractivity contribution in [2.24, 2.45) is 0 Å². The highest BCUT2D eigenvalue weighted by Crippen LogP contribution is 2.22. The molecular formula is C14H13NO3S2. The summed E-state index contributed by atoms with van der Waals surface area (Å²) in [5.74, 6) is -0.672. The first-order valence-electron chi connectivity index (χ1n) is 5.90. The van der Waals surface area contributed by atoms with Crippen molar-refractivity contribution in [3.8, 4) is 0 Å². The molecule has 0 saturated carbocycles. The molecule has 2 rings (SSSR count). The normalized spacial score (nSPS) is 10.2. The molecule has 2 aromatic rings. The molecule has 1 aromatic heterocycles. The topological polar surface area (TPSA) is 66.4 Å². The van der Waals surface area contributed by atoms with E-state index in [1.807, 2.05) is 17.5 Å². The number of rotatable bonds is 6. The Labute approximate surface area is 124 Å². The van der Waals surface area contributed by atoms with E-state index in [0.29, 0.717) is 12.3 Å². The molecule has 0 saturated heterocycles. The molecule has 1 heterocycles. The Balaban J connectivity index is 1.81. The second-order valence-corrected chi connectivity index (χ2v) is 6.23. The van der Waals surface area contributed by atoms with Crippen molar-refractivity contribution in [2.75, 3.05) is 5.75 Å². The zero-order chi connectivity index (χ0) is 14.4. The lowest BCUT2D eigenvalue weighted by Gasteiger charge is -2.05. The van der Waals surface area contributed by atoms with Crippen LogP contribution in [0.25, 0.3) is 0 Å². The van der Waals surface area contributed by atoms with Crippen LogP contribution in [0.1, 0.15) is 15.9 Å². The van der Waals surface area contributed by atoms with E-state index in [9.17, 15) is 9.59 Å². The summed E-state index contributed by atoms with van der Waals surface area (Å²) in [6.07, 6.45) is 0. The maximum Gasteiger partial charge on any atom is 0.335 e. The van der Waals surface area contributed by atoms with Crippen LogP contribution in [0.3, 0.4) is 0 Å². The lowest BCUT2D eigenvalue weighted by molar-refractivity contribution is -0.118. The second-order valence-electron chi connectivity index (χ2n) is 4.00. The van der Waals surface area contributed by atoms with Gasteiger partial charge in [0.05, 0.1) is 15.5 Å². The van der Waals surface area contributed by atoms with Gasteiger partial charge in [-0.3, -0.25) is 4.79 Å². The Bertz CT molecular complexity index is 596. The zero-order valence-electron chi connectivity index (χ0n) is 10.5. The second kappa shape index (κ2) is 7.12. The molecule has 0 spiro atoms. The molecule has 0 unspecified atom stereocenters. The van der Waals surface area contributed by atoms with Crippen molar-refractivity contribution < 1.29 is 14.7 Å². The first kappa shape index (κ1) is 14.6. The van der Waals surface area contributed by atoms with E-state index in [0.717, 1.165) is 9.77 Å². The van der Waals surface area contributed by atoms with Gasteiger partial charge in [-0.15, -0.1) is 23.1 Å². The number of thioether (sulfide) groups is 1. The van der Waals surface area contributed by atoms with Crippen LogP contribution in [0.4, 0.5) is 0 Å². The summed E-state index contributed by atoms with van der Waals surface area (Å²) in [6.45, 7) is 0.338. The fraction of sp³-hybridized carbons (Fsp3) is 0.143. The molecule has 2 N–H and O–H groups in total. The third-order valence-corrected chi connectivity index (χ3v) is 4.64. The molecule has 0 bridgehead atoms. The van der Waals surface area contributed by atoms with Gasteiger partial charge >= 0.3 is 5.97 Å². The van der Waals surface area contributed by atoms with Gasteiger partial charge in [-0.2, -0.15) is 0 Å². The van der Waals surface area contributed by atoms with Gasteiger partial charge in [-0.1, -0.05) is 18.2 Å².